The Hall–Kier alpha value is -4.18. The van der Waals surface area contributed by atoms with E-state index in [0.29, 0.717) is 40.5 Å². The molecule has 1 atom stereocenters. The normalized spacial score (nSPS) is 17.2. The number of amidine groups is 2. The van der Waals surface area contributed by atoms with Crippen molar-refractivity contribution in [3.05, 3.63) is 89.2 Å². The summed E-state index contributed by atoms with van der Waals surface area (Å²) >= 11 is 1.37. The molecule has 37 heavy (non-hydrogen) atoms. The average Bonchev–Trinajstić information content (AvgIpc) is 3.51. The molecule has 2 amide bonds. The summed E-state index contributed by atoms with van der Waals surface area (Å²) in [5, 5.41) is 3.34. The molecule has 0 saturated heterocycles. The number of thioether (sulfide) groups is 1. The number of nitrogens with one attached hydrogen (secondary N) is 1. The van der Waals surface area contributed by atoms with Gasteiger partial charge in [0, 0.05) is 17.9 Å². The minimum atomic E-state index is -0.852. The molecule has 3 aliphatic rings. The van der Waals surface area contributed by atoms with Crippen LogP contribution in [0.15, 0.2) is 76.7 Å². The first-order valence-corrected chi connectivity index (χ1v) is 12.7. The van der Waals surface area contributed by atoms with Gasteiger partial charge >= 0.3 is 0 Å². The van der Waals surface area contributed by atoms with E-state index < -0.39 is 6.04 Å². The molecule has 0 unspecified atom stereocenters. The second kappa shape index (κ2) is 9.70. The summed E-state index contributed by atoms with van der Waals surface area (Å²) in [6.45, 7) is 0.474. The van der Waals surface area contributed by atoms with Crippen molar-refractivity contribution in [2.75, 3.05) is 6.79 Å². The van der Waals surface area contributed by atoms with Crippen LogP contribution in [0.2, 0.25) is 0 Å². The van der Waals surface area contributed by atoms with Gasteiger partial charge in [0.05, 0.1) is 12.1 Å². The second-order valence-electron chi connectivity index (χ2n) is 8.64. The molecule has 3 aromatic carbocycles. The molecule has 0 saturated carbocycles. The van der Waals surface area contributed by atoms with Crippen molar-refractivity contribution in [1.29, 1.82) is 0 Å². The van der Waals surface area contributed by atoms with E-state index in [0.717, 1.165) is 16.7 Å². The van der Waals surface area contributed by atoms with Crippen LogP contribution in [-0.4, -0.2) is 40.6 Å². The fourth-order valence-electron chi connectivity index (χ4n) is 4.26. The number of ether oxygens (including phenoxy) is 2. The van der Waals surface area contributed by atoms with Crippen LogP contribution >= 0.6 is 11.8 Å². The fraction of sp³-hybridized carbons (Fsp3) is 0.185. The molecule has 186 valence electrons. The Morgan fingerprint density at radius 3 is 2.70 bits per heavy atom. The number of carbonyl (C=O) groups is 2. The highest BCUT2D eigenvalue weighted by atomic mass is 32.2. The molecule has 10 heteroatoms. The van der Waals surface area contributed by atoms with Crippen LogP contribution in [0.3, 0.4) is 0 Å². The van der Waals surface area contributed by atoms with Crippen LogP contribution in [0, 0.1) is 5.82 Å². The van der Waals surface area contributed by atoms with E-state index in [1.165, 1.54) is 28.8 Å². The first-order chi connectivity index (χ1) is 18.0. The number of halogens is 1. The van der Waals surface area contributed by atoms with Gasteiger partial charge in [-0.2, -0.15) is 0 Å². The highest BCUT2D eigenvalue weighted by Crippen LogP contribution is 2.35. The van der Waals surface area contributed by atoms with Gasteiger partial charge in [0.15, 0.2) is 16.7 Å². The maximum absolute atomic E-state index is 13.4. The zero-order valence-corrected chi connectivity index (χ0v) is 20.3. The monoisotopic (exact) mass is 516 g/mol. The Balaban J connectivity index is 1.16. The Bertz CT molecular complexity index is 1460. The number of carbonyl (C=O) groups excluding carboxylic acids is 2. The minimum Gasteiger partial charge on any atom is -0.454 e. The van der Waals surface area contributed by atoms with Crippen molar-refractivity contribution >= 4 is 40.3 Å². The number of hydrogen-bond donors (Lipinski definition) is 1. The number of amides is 2. The number of fused-ring (bicyclic) bond motifs is 4. The molecule has 0 radical (unpaired) electrons. The van der Waals surface area contributed by atoms with Gasteiger partial charge in [0.1, 0.15) is 17.7 Å². The maximum Gasteiger partial charge on any atom is 0.259 e. The summed E-state index contributed by atoms with van der Waals surface area (Å²) < 4.78 is 24.0. The molecular weight excluding hydrogens is 495 g/mol. The lowest BCUT2D eigenvalue weighted by Crippen LogP contribution is -2.42. The van der Waals surface area contributed by atoms with E-state index in [4.69, 9.17) is 14.5 Å². The van der Waals surface area contributed by atoms with Crippen LogP contribution in [0.25, 0.3) is 0 Å². The van der Waals surface area contributed by atoms with Crippen molar-refractivity contribution in [3.8, 4) is 11.5 Å². The van der Waals surface area contributed by atoms with Crippen LogP contribution in [0.1, 0.15) is 23.1 Å². The lowest BCUT2D eigenvalue weighted by molar-refractivity contribution is -0.128. The summed E-state index contributed by atoms with van der Waals surface area (Å²) in [7, 11) is 0. The van der Waals surface area contributed by atoms with Gasteiger partial charge in [0.25, 0.3) is 5.91 Å². The van der Waals surface area contributed by atoms with Gasteiger partial charge in [-0.15, -0.1) is 0 Å². The number of hydrogen-bond acceptors (Lipinski definition) is 7. The van der Waals surface area contributed by atoms with Gasteiger partial charge < -0.3 is 14.8 Å². The molecule has 3 aliphatic heterocycles. The molecule has 0 bridgehead atoms. The highest BCUT2D eigenvalue weighted by Gasteiger charge is 2.42. The lowest BCUT2D eigenvalue weighted by atomic mass is 10.1. The Kier molecular flexibility index (Phi) is 6.09. The highest BCUT2D eigenvalue weighted by molar-refractivity contribution is 8.13. The first kappa shape index (κ1) is 23.2. The molecule has 6 rings (SSSR count). The van der Waals surface area contributed by atoms with Crippen LogP contribution in [0.4, 0.5) is 10.1 Å². The average molecular weight is 517 g/mol. The SMILES string of the molecule is O=C(C[C@H]1N=C2c3ccccc3N=C(SCc3ccc(F)cc3)N2C1=O)NCc1ccc2c(c1)OCO2. The quantitative estimate of drug-likeness (QED) is 0.531. The maximum atomic E-state index is 13.4. The van der Waals surface area contributed by atoms with Crippen molar-refractivity contribution in [2.45, 2.75) is 24.8 Å². The van der Waals surface area contributed by atoms with Crippen LogP contribution in [0.5, 0.6) is 11.5 Å². The molecule has 0 fully saturated rings. The van der Waals surface area contributed by atoms with E-state index in [-0.39, 0.29) is 30.8 Å². The third-order valence-corrected chi connectivity index (χ3v) is 7.14. The predicted molar refractivity (Wildman–Crippen MR) is 137 cm³/mol. The van der Waals surface area contributed by atoms with E-state index in [9.17, 15) is 14.0 Å². The van der Waals surface area contributed by atoms with Gasteiger partial charge in [-0.1, -0.05) is 42.1 Å². The molecule has 8 nitrogen and oxygen atoms in total. The largest absolute Gasteiger partial charge is 0.454 e. The van der Waals surface area contributed by atoms with Gasteiger partial charge in [-0.3, -0.25) is 14.6 Å². The van der Waals surface area contributed by atoms with Gasteiger partial charge in [0.2, 0.25) is 12.7 Å². The first-order valence-electron chi connectivity index (χ1n) is 11.7. The van der Waals surface area contributed by atoms with Crippen molar-refractivity contribution in [3.63, 3.8) is 0 Å². The van der Waals surface area contributed by atoms with Crippen molar-refractivity contribution < 1.29 is 23.5 Å². The molecule has 0 aliphatic carbocycles. The van der Waals surface area contributed by atoms with Gasteiger partial charge in [-0.05, 0) is 47.5 Å². The zero-order chi connectivity index (χ0) is 25.4. The summed E-state index contributed by atoms with van der Waals surface area (Å²) in [4.78, 5) is 37.0. The Labute approximate surface area is 216 Å². The molecular formula is C27H21FN4O4S. The molecule has 0 spiro atoms. The number of nitrogens with zero attached hydrogens (tertiary/aromatic N) is 3. The third-order valence-electron chi connectivity index (χ3n) is 6.13. The number of benzene rings is 3. The Morgan fingerprint density at radius 1 is 1.05 bits per heavy atom. The molecule has 3 heterocycles. The standard InChI is InChI=1S/C27H21FN4O4S/c28-18-8-5-16(6-9-18)14-37-27-31-20-4-2-1-3-19(20)25-30-21(26(34)32(25)27)12-24(33)29-13-17-7-10-22-23(11-17)36-15-35-22/h1-11,21H,12-15H2,(H,29,33)/t21-/m1/s1. The fourth-order valence-corrected chi connectivity index (χ4v) is 5.22. The van der Waals surface area contributed by atoms with Crippen LogP contribution in [-0.2, 0) is 21.9 Å². The summed E-state index contributed by atoms with van der Waals surface area (Å²) in [5.74, 6) is 1.42. The van der Waals surface area contributed by atoms with E-state index in [2.05, 4.69) is 10.3 Å². The predicted octanol–water partition coefficient (Wildman–Crippen LogP) is 4.15. The Morgan fingerprint density at radius 2 is 1.84 bits per heavy atom. The number of para-hydroxylation sites is 1. The molecule has 3 aromatic rings. The van der Waals surface area contributed by atoms with Crippen molar-refractivity contribution in [2.24, 2.45) is 9.98 Å². The topological polar surface area (TPSA) is 92.6 Å². The smallest absolute Gasteiger partial charge is 0.259 e. The summed E-state index contributed by atoms with van der Waals surface area (Å²) in [5.41, 5.74) is 3.21. The minimum absolute atomic E-state index is 0.0819. The zero-order valence-electron chi connectivity index (χ0n) is 19.5. The summed E-state index contributed by atoms with van der Waals surface area (Å²) in [6, 6.07) is 18.3. The molecule has 1 N–H and O–H groups in total. The van der Waals surface area contributed by atoms with Gasteiger partial charge in [-0.25, -0.2) is 14.3 Å². The number of rotatable bonds is 6. The summed E-state index contributed by atoms with van der Waals surface area (Å²) in [6.07, 6.45) is -0.0819. The molecule has 0 aromatic heterocycles. The number of aliphatic imine (C=N–C) groups is 2. The van der Waals surface area contributed by atoms with Crippen molar-refractivity contribution in [1.82, 2.24) is 10.2 Å². The van der Waals surface area contributed by atoms with E-state index in [1.807, 2.05) is 36.4 Å². The lowest BCUT2D eigenvalue weighted by Gasteiger charge is -2.25. The van der Waals surface area contributed by atoms with E-state index >= 15 is 0 Å². The van der Waals surface area contributed by atoms with E-state index in [1.54, 1.807) is 18.2 Å². The second-order valence-corrected chi connectivity index (χ2v) is 9.58. The third kappa shape index (κ3) is 4.67. The van der Waals surface area contributed by atoms with Crippen LogP contribution < -0.4 is 14.8 Å².